The number of nitrogens with one attached hydrogen (secondary N) is 1. The number of halogens is 1. The molecule has 1 N–H and O–H groups in total. The minimum atomic E-state index is -0.552. The van der Waals surface area contributed by atoms with E-state index >= 15 is 0 Å². The Kier molecular flexibility index (Phi) is 4.18. The fourth-order valence-corrected chi connectivity index (χ4v) is 5.32. The van der Waals surface area contributed by atoms with E-state index in [0.29, 0.717) is 36.9 Å². The minimum Gasteiger partial charge on any atom is -0.335 e. The van der Waals surface area contributed by atoms with Crippen LogP contribution in [-0.4, -0.2) is 29.3 Å². The van der Waals surface area contributed by atoms with E-state index in [1.54, 1.807) is 6.07 Å². The molecular weight excluding hydrogens is 355 g/mol. The van der Waals surface area contributed by atoms with Gasteiger partial charge in [0.25, 0.3) is 5.91 Å². The highest BCUT2D eigenvalue weighted by Crippen LogP contribution is 2.46. The lowest BCUT2D eigenvalue weighted by atomic mass is 9.87. The van der Waals surface area contributed by atoms with Crippen molar-refractivity contribution in [3.8, 4) is 0 Å². The van der Waals surface area contributed by atoms with Gasteiger partial charge >= 0.3 is 0 Å². The Labute approximate surface area is 163 Å². The van der Waals surface area contributed by atoms with Crippen molar-refractivity contribution >= 4 is 17.5 Å². The second kappa shape index (κ2) is 6.73. The molecule has 1 saturated heterocycles. The molecule has 144 valence electrons. The first kappa shape index (κ1) is 17.4. The smallest absolute Gasteiger partial charge is 0.257 e. The van der Waals surface area contributed by atoms with Gasteiger partial charge in [-0.3, -0.25) is 9.59 Å². The number of fused-ring (bicyclic) bond motifs is 2. The zero-order valence-electron chi connectivity index (χ0n) is 15.7. The molecule has 2 fully saturated rings. The number of carbonyl (C=O) groups excluding carboxylic acids is 2. The van der Waals surface area contributed by atoms with Crippen LogP contribution in [0.3, 0.4) is 0 Å². The quantitative estimate of drug-likeness (QED) is 0.855. The van der Waals surface area contributed by atoms with Crippen molar-refractivity contribution in [1.29, 1.82) is 0 Å². The SMILES string of the molecule is O=C1CCc2cc(C(=O)N3CC(c4ccccc4)C4CCCC43)c(F)cc2N1. The summed E-state index contributed by atoms with van der Waals surface area (Å²) in [4.78, 5) is 26.8. The lowest BCUT2D eigenvalue weighted by Gasteiger charge is -2.25. The number of benzene rings is 2. The van der Waals surface area contributed by atoms with Crippen molar-refractivity contribution in [2.24, 2.45) is 5.92 Å². The van der Waals surface area contributed by atoms with Crippen molar-refractivity contribution in [2.45, 2.75) is 44.1 Å². The Morgan fingerprint density at radius 2 is 1.93 bits per heavy atom. The molecule has 0 bridgehead atoms. The molecule has 0 spiro atoms. The Hall–Kier alpha value is -2.69. The van der Waals surface area contributed by atoms with Crippen molar-refractivity contribution in [1.82, 2.24) is 4.90 Å². The molecule has 3 atom stereocenters. The molecule has 2 aliphatic heterocycles. The molecule has 0 radical (unpaired) electrons. The molecular formula is C23H23FN2O2. The van der Waals surface area contributed by atoms with Gasteiger partial charge in [-0.25, -0.2) is 4.39 Å². The zero-order valence-corrected chi connectivity index (χ0v) is 15.7. The van der Waals surface area contributed by atoms with E-state index in [2.05, 4.69) is 17.4 Å². The standard InChI is InChI=1S/C23H23FN2O2/c24-19-12-20-15(9-10-22(27)25-20)11-17(19)23(28)26-13-18(14-5-2-1-3-6-14)16-7-4-8-21(16)26/h1-3,5-6,11-12,16,18,21H,4,7-10,13H2,(H,25,27). The van der Waals surface area contributed by atoms with Crippen LogP contribution in [0.4, 0.5) is 10.1 Å². The van der Waals surface area contributed by atoms with E-state index < -0.39 is 5.82 Å². The van der Waals surface area contributed by atoms with Gasteiger partial charge in [0.2, 0.25) is 5.91 Å². The molecule has 5 heteroatoms. The van der Waals surface area contributed by atoms with Crippen molar-refractivity contribution in [3.63, 3.8) is 0 Å². The van der Waals surface area contributed by atoms with Crippen LogP contribution in [0, 0.1) is 11.7 Å². The molecule has 1 saturated carbocycles. The molecule has 4 nitrogen and oxygen atoms in total. The molecule has 28 heavy (non-hydrogen) atoms. The molecule has 3 aliphatic rings. The maximum Gasteiger partial charge on any atom is 0.257 e. The zero-order chi connectivity index (χ0) is 19.3. The van der Waals surface area contributed by atoms with E-state index in [9.17, 15) is 14.0 Å². The first-order valence-corrected chi connectivity index (χ1v) is 10.1. The topological polar surface area (TPSA) is 49.4 Å². The van der Waals surface area contributed by atoms with Crippen LogP contribution >= 0.6 is 0 Å². The summed E-state index contributed by atoms with van der Waals surface area (Å²) < 4.78 is 14.8. The summed E-state index contributed by atoms with van der Waals surface area (Å²) in [6, 6.07) is 13.5. The normalized spacial score (nSPS) is 26.0. The number of hydrogen-bond acceptors (Lipinski definition) is 2. The van der Waals surface area contributed by atoms with Crippen LogP contribution in [0.15, 0.2) is 42.5 Å². The largest absolute Gasteiger partial charge is 0.335 e. The molecule has 2 aromatic carbocycles. The van der Waals surface area contributed by atoms with E-state index in [4.69, 9.17) is 0 Å². The molecule has 5 rings (SSSR count). The number of rotatable bonds is 2. The highest BCUT2D eigenvalue weighted by molar-refractivity contribution is 5.98. The summed E-state index contributed by atoms with van der Waals surface area (Å²) >= 11 is 0. The van der Waals surface area contributed by atoms with Gasteiger partial charge in [-0.05, 0) is 48.4 Å². The van der Waals surface area contributed by atoms with E-state index in [1.807, 2.05) is 23.1 Å². The van der Waals surface area contributed by atoms with Crippen molar-refractivity contribution in [2.75, 3.05) is 11.9 Å². The molecule has 0 aromatic heterocycles. The fourth-order valence-electron chi connectivity index (χ4n) is 5.32. The molecule has 1 aliphatic carbocycles. The van der Waals surface area contributed by atoms with Crippen molar-refractivity contribution < 1.29 is 14.0 Å². The van der Waals surface area contributed by atoms with Crippen molar-refractivity contribution in [3.05, 3.63) is 65.0 Å². The number of amides is 2. The first-order valence-electron chi connectivity index (χ1n) is 10.1. The fraction of sp³-hybridized carbons (Fsp3) is 0.391. The lowest BCUT2D eigenvalue weighted by Crippen LogP contribution is -2.36. The third-order valence-corrected chi connectivity index (χ3v) is 6.65. The summed E-state index contributed by atoms with van der Waals surface area (Å²) in [5, 5.41) is 2.70. The van der Waals surface area contributed by atoms with Crippen LogP contribution in [0.2, 0.25) is 0 Å². The number of hydrogen-bond donors (Lipinski definition) is 1. The lowest BCUT2D eigenvalue weighted by molar-refractivity contribution is -0.116. The molecule has 3 unspecified atom stereocenters. The average Bonchev–Trinajstić information content (AvgIpc) is 3.30. The molecule has 2 aromatic rings. The first-order chi connectivity index (χ1) is 13.6. The summed E-state index contributed by atoms with van der Waals surface area (Å²) in [5.74, 6) is -0.106. The maximum absolute atomic E-state index is 14.8. The van der Waals surface area contributed by atoms with Crippen LogP contribution < -0.4 is 5.32 Å². The number of aryl methyl sites for hydroxylation is 1. The van der Waals surface area contributed by atoms with Crippen LogP contribution in [0.5, 0.6) is 0 Å². The van der Waals surface area contributed by atoms with Gasteiger partial charge < -0.3 is 10.2 Å². The van der Waals surface area contributed by atoms with E-state index in [0.717, 1.165) is 24.8 Å². The second-order valence-electron chi connectivity index (χ2n) is 8.17. The van der Waals surface area contributed by atoms with Crippen LogP contribution in [0.1, 0.15) is 53.1 Å². The molecule has 2 amide bonds. The van der Waals surface area contributed by atoms with Gasteiger partial charge in [0.15, 0.2) is 0 Å². The number of nitrogens with zero attached hydrogens (tertiary/aromatic N) is 1. The van der Waals surface area contributed by atoms with E-state index in [1.165, 1.54) is 11.6 Å². The number of carbonyl (C=O) groups is 2. The number of likely N-dealkylation sites (tertiary alicyclic amines) is 1. The van der Waals surface area contributed by atoms with Gasteiger partial charge in [0.05, 0.1) is 5.56 Å². The highest BCUT2D eigenvalue weighted by atomic mass is 19.1. The third-order valence-electron chi connectivity index (χ3n) is 6.65. The van der Waals surface area contributed by atoms with Crippen LogP contribution in [0.25, 0.3) is 0 Å². The number of anilines is 1. The molecule has 2 heterocycles. The Bertz CT molecular complexity index is 943. The second-order valence-corrected chi connectivity index (χ2v) is 8.17. The Morgan fingerprint density at radius 3 is 2.75 bits per heavy atom. The van der Waals surface area contributed by atoms with Gasteiger partial charge in [-0.1, -0.05) is 36.8 Å². The predicted molar refractivity (Wildman–Crippen MR) is 105 cm³/mol. The summed E-state index contributed by atoms with van der Waals surface area (Å²) in [7, 11) is 0. The summed E-state index contributed by atoms with van der Waals surface area (Å²) in [6.45, 7) is 0.644. The summed E-state index contributed by atoms with van der Waals surface area (Å²) in [5.41, 5.74) is 2.73. The monoisotopic (exact) mass is 378 g/mol. The maximum atomic E-state index is 14.8. The minimum absolute atomic E-state index is 0.106. The Morgan fingerprint density at radius 1 is 1.11 bits per heavy atom. The van der Waals surface area contributed by atoms with Gasteiger partial charge in [-0.15, -0.1) is 0 Å². The Balaban J connectivity index is 1.46. The van der Waals surface area contributed by atoms with E-state index in [-0.39, 0.29) is 23.4 Å². The highest BCUT2D eigenvalue weighted by Gasteiger charge is 2.47. The summed E-state index contributed by atoms with van der Waals surface area (Å²) in [6.07, 6.45) is 4.13. The average molecular weight is 378 g/mol. The predicted octanol–water partition coefficient (Wildman–Crippen LogP) is 4.12. The van der Waals surface area contributed by atoms with Gasteiger partial charge in [0.1, 0.15) is 5.82 Å². The van der Waals surface area contributed by atoms with Gasteiger partial charge in [0, 0.05) is 30.6 Å². The van der Waals surface area contributed by atoms with Gasteiger partial charge in [-0.2, -0.15) is 0 Å². The van der Waals surface area contributed by atoms with Crippen LogP contribution in [-0.2, 0) is 11.2 Å². The third kappa shape index (κ3) is 2.81.